The van der Waals surface area contributed by atoms with Crippen LogP contribution in [0.3, 0.4) is 0 Å². The molecule has 4 nitrogen and oxygen atoms in total. The van der Waals surface area contributed by atoms with Crippen molar-refractivity contribution in [3.8, 4) is 0 Å². The standard InChI is InChI=1S/C16H18N2O2/c1-4-18-12(3)16(11(2)17-18)15(20)10-14(19)13-8-6-5-7-9-13/h5-9H,4,10H2,1-3H3. The van der Waals surface area contributed by atoms with E-state index < -0.39 is 0 Å². The summed E-state index contributed by atoms with van der Waals surface area (Å²) >= 11 is 0. The van der Waals surface area contributed by atoms with Gasteiger partial charge in [-0.1, -0.05) is 30.3 Å². The number of nitrogens with zero attached hydrogens (tertiary/aromatic N) is 2. The van der Waals surface area contributed by atoms with Gasteiger partial charge in [-0.3, -0.25) is 14.3 Å². The topological polar surface area (TPSA) is 52.0 Å². The Morgan fingerprint density at radius 1 is 1.10 bits per heavy atom. The largest absolute Gasteiger partial charge is 0.294 e. The molecule has 104 valence electrons. The van der Waals surface area contributed by atoms with Crippen LogP contribution in [0.1, 0.15) is 45.4 Å². The average Bonchev–Trinajstić information content (AvgIpc) is 2.74. The van der Waals surface area contributed by atoms with E-state index in [-0.39, 0.29) is 18.0 Å². The zero-order valence-corrected chi connectivity index (χ0v) is 12.0. The lowest BCUT2D eigenvalue weighted by atomic mass is 10.0. The van der Waals surface area contributed by atoms with Crippen molar-refractivity contribution in [3.05, 3.63) is 52.8 Å². The summed E-state index contributed by atoms with van der Waals surface area (Å²) in [7, 11) is 0. The molecule has 0 amide bonds. The first-order valence-electron chi connectivity index (χ1n) is 6.70. The molecular formula is C16H18N2O2. The van der Waals surface area contributed by atoms with Crippen molar-refractivity contribution in [2.24, 2.45) is 0 Å². The van der Waals surface area contributed by atoms with Gasteiger partial charge < -0.3 is 0 Å². The molecule has 0 atom stereocenters. The maximum Gasteiger partial charge on any atom is 0.174 e. The number of benzene rings is 1. The molecule has 0 saturated heterocycles. The Morgan fingerprint density at radius 3 is 2.30 bits per heavy atom. The molecule has 0 fully saturated rings. The number of Topliss-reactive ketones (excluding diaryl/α,β-unsaturated/α-hetero) is 2. The molecule has 0 aliphatic rings. The fraction of sp³-hybridized carbons (Fsp3) is 0.312. The zero-order chi connectivity index (χ0) is 14.7. The maximum absolute atomic E-state index is 12.3. The Labute approximate surface area is 118 Å². The lowest BCUT2D eigenvalue weighted by Crippen LogP contribution is -2.10. The van der Waals surface area contributed by atoms with E-state index in [1.54, 1.807) is 35.9 Å². The number of carbonyl (C=O) groups excluding carboxylic acids is 2. The molecule has 1 aromatic heterocycles. The highest BCUT2D eigenvalue weighted by Gasteiger charge is 2.20. The van der Waals surface area contributed by atoms with Gasteiger partial charge in [-0.2, -0.15) is 5.10 Å². The molecule has 1 heterocycles. The minimum absolute atomic E-state index is 0.110. The second-order valence-electron chi connectivity index (χ2n) is 4.75. The third-order valence-corrected chi connectivity index (χ3v) is 3.38. The maximum atomic E-state index is 12.3. The Hall–Kier alpha value is -2.23. The van der Waals surface area contributed by atoms with Gasteiger partial charge in [0.25, 0.3) is 0 Å². The van der Waals surface area contributed by atoms with Gasteiger partial charge >= 0.3 is 0 Å². The van der Waals surface area contributed by atoms with E-state index >= 15 is 0 Å². The summed E-state index contributed by atoms with van der Waals surface area (Å²) in [5.41, 5.74) is 2.67. The number of carbonyl (C=O) groups is 2. The molecule has 0 N–H and O–H groups in total. The fourth-order valence-corrected chi connectivity index (χ4v) is 2.37. The summed E-state index contributed by atoms with van der Waals surface area (Å²) in [6.45, 7) is 6.36. The summed E-state index contributed by atoms with van der Waals surface area (Å²) in [6.07, 6.45) is -0.110. The molecule has 1 aromatic carbocycles. The van der Waals surface area contributed by atoms with Crippen LogP contribution in [0.15, 0.2) is 30.3 Å². The molecule has 0 saturated carbocycles. The van der Waals surface area contributed by atoms with Crippen molar-refractivity contribution < 1.29 is 9.59 Å². The minimum Gasteiger partial charge on any atom is -0.294 e. The van der Waals surface area contributed by atoms with Crippen LogP contribution in [0.2, 0.25) is 0 Å². The van der Waals surface area contributed by atoms with Crippen LogP contribution in [-0.2, 0) is 6.54 Å². The third-order valence-electron chi connectivity index (χ3n) is 3.38. The lowest BCUT2D eigenvalue weighted by molar-refractivity contribution is 0.0893. The van der Waals surface area contributed by atoms with Gasteiger partial charge in [0, 0.05) is 17.8 Å². The number of aromatic nitrogens is 2. The fourth-order valence-electron chi connectivity index (χ4n) is 2.37. The van der Waals surface area contributed by atoms with Crippen molar-refractivity contribution in [1.82, 2.24) is 9.78 Å². The number of rotatable bonds is 5. The van der Waals surface area contributed by atoms with E-state index in [9.17, 15) is 9.59 Å². The summed E-state index contributed by atoms with van der Waals surface area (Å²) < 4.78 is 1.79. The average molecular weight is 270 g/mol. The van der Waals surface area contributed by atoms with E-state index in [2.05, 4.69) is 5.10 Å². The second-order valence-corrected chi connectivity index (χ2v) is 4.75. The molecule has 4 heteroatoms. The van der Waals surface area contributed by atoms with Crippen LogP contribution in [0.4, 0.5) is 0 Å². The van der Waals surface area contributed by atoms with E-state index in [1.807, 2.05) is 19.9 Å². The van der Waals surface area contributed by atoms with Crippen LogP contribution >= 0.6 is 0 Å². The first kappa shape index (κ1) is 14.2. The minimum atomic E-state index is -0.159. The molecule has 20 heavy (non-hydrogen) atoms. The summed E-state index contributed by atoms with van der Waals surface area (Å²) in [4.78, 5) is 24.4. The Kier molecular flexibility index (Phi) is 4.13. The zero-order valence-electron chi connectivity index (χ0n) is 12.0. The van der Waals surface area contributed by atoms with Gasteiger partial charge in [0.1, 0.15) is 0 Å². The monoisotopic (exact) mass is 270 g/mol. The molecule has 0 aliphatic heterocycles. The number of hydrogen-bond donors (Lipinski definition) is 0. The van der Waals surface area contributed by atoms with Gasteiger partial charge in [-0.25, -0.2) is 0 Å². The van der Waals surface area contributed by atoms with E-state index in [0.29, 0.717) is 23.4 Å². The van der Waals surface area contributed by atoms with Crippen molar-refractivity contribution in [3.63, 3.8) is 0 Å². The van der Waals surface area contributed by atoms with Crippen molar-refractivity contribution >= 4 is 11.6 Å². The van der Waals surface area contributed by atoms with Crippen LogP contribution in [-0.4, -0.2) is 21.3 Å². The molecule has 2 aromatic rings. The van der Waals surface area contributed by atoms with Crippen LogP contribution in [0, 0.1) is 13.8 Å². The van der Waals surface area contributed by atoms with E-state index in [0.717, 1.165) is 5.69 Å². The van der Waals surface area contributed by atoms with Gasteiger partial charge in [-0.15, -0.1) is 0 Å². The second kappa shape index (κ2) is 5.82. The molecule has 0 spiro atoms. The highest BCUT2D eigenvalue weighted by Crippen LogP contribution is 2.16. The molecular weight excluding hydrogens is 252 g/mol. The van der Waals surface area contributed by atoms with Gasteiger partial charge in [0.15, 0.2) is 11.6 Å². The SMILES string of the molecule is CCn1nc(C)c(C(=O)CC(=O)c2ccccc2)c1C. The van der Waals surface area contributed by atoms with Crippen LogP contribution < -0.4 is 0 Å². The molecule has 0 unspecified atom stereocenters. The molecule has 0 bridgehead atoms. The first-order chi connectivity index (χ1) is 9.54. The van der Waals surface area contributed by atoms with Crippen molar-refractivity contribution in [2.45, 2.75) is 33.7 Å². The smallest absolute Gasteiger partial charge is 0.174 e. The summed E-state index contributed by atoms with van der Waals surface area (Å²) in [5, 5.41) is 4.31. The first-order valence-corrected chi connectivity index (χ1v) is 6.70. The van der Waals surface area contributed by atoms with E-state index in [1.165, 1.54) is 0 Å². The molecule has 0 aliphatic carbocycles. The van der Waals surface area contributed by atoms with Crippen LogP contribution in [0.25, 0.3) is 0 Å². The van der Waals surface area contributed by atoms with Gasteiger partial charge in [0.2, 0.25) is 0 Å². The molecule has 0 radical (unpaired) electrons. The van der Waals surface area contributed by atoms with E-state index in [4.69, 9.17) is 0 Å². The number of hydrogen-bond acceptors (Lipinski definition) is 3. The summed E-state index contributed by atoms with van der Waals surface area (Å²) in [5.74, 6) is -0.313. The summed E-state index contributed by atoms with van der Waals surface area (Å²) in [6, 6.07) is 8.89. The van der Waals surface area contributed by atoms with Gasteiger partial charge in [0.05, 0.1) is 17.7 Å². The predicted molar refractivity (Wildman–Crippen MR) is 77.1 cm³/mol. The Bertz CT molecular complexity index is 642. The highest BCUT2D eigenvalue weighted by molar-refractivity contribution is 6.14. The van der Waals surface area contributed by atoms with Crippen molar-refractivity contribution in [2.75, 3.05) is 0 Å². The predicted octanol–water partition coefficient (Wildman–Crippen LogP) is 2.98. The number of aryl methyl sites for hydroxylation is 2. The number of ketones is 2. The lowest BCUT2D eigenvalue weighted by Gasteiger charge is -2.03. The normalized spacial score (nSPS) is 10.6. The highest BCUT2D eigenvalue weighted by atomic mass is 16.1. The third kappa shape index (κ3) is 2.69. The van der Waals surface area contributed by atoms with Crippen molar-refractivity contribution in [1.29, 1.82) is 0 Å². The quantitative estimate of drug-likeness (QED) is 0.620. The Morgan fingerprint density at radius 2 is 1.75 bits per heavy atom. The van der Waals surface area contributed by atoms with Crippen LogP contribution in [0.5, 0.6) is 0 Å². The molecule has 2 rings (SSSR count). The van der Waals surface area contributed by atoms with Gasteiger partial charge in [-0.05, 0) is 20.8 Å². The Balaban J connectivity index is 2.21.